The Kier molecular flexibility index (Phi) is 41.5. The van der Waals surface area contributed by atoms with Crippen LogP contribution in [-0.2, 0) is 14.9 Å². The lowest BCUT2D eigenvalue weighted by Crippen LogP contribution is -2.46. The van der Waals surface area contributed by atoms with Gasteiger partial charge in [0.25, 0.3) is 10.1 Å². The molecule has 7 heteroatoms. The van der Waals surface area contributed by atoms with Gasteiger partial charge in [-0.25, -0.2) is 0 Å². The molecule has 2 atom stereocenters. The van der Waals surface area contributed by atoms with Crippen LogP contribution >= 0.6 is 0 Å². The minimum atomic E-state index is -4.35. The van der Waals surface area contributed by atoms with E-state index in [1.54, 1.807) is 6.08 Å². The van der Waals surface area contributed by atoms with Crippen molar-refractivity contribution in [3.63, 3.8) is 0 Å². The molecule has 326 valence electrons. The second-order valence-electron chi connectivity index (χ2n) is 16.7. The van der Waals surface area contributed by atoms with Gasteiger partial charge in [0, 0.05) is 6.42 Å². The van der Waals surface area contributed by atoms with Crippen LogP contribution < -0.4 is 5.32 Å². The highest BCUT2D eigenvalue weighted by atomic mass is 32.2. The molecule has 0 saturated heterocycles. The lowest BCUT2D eigenvalue weighted by Gasteiger charge is -2.21. The van der Waals surface area contributed by atoms with E-state index in [9.17, 15) is 22.9 Å². The van der Waals surface area contributed by atoms with Gasteiger partial charge >= 0.3 is 0 Å². The van der Waals surface area contributed by atoms with E-state index >= 15 is 0 Å². The summed E-state index contributed by atoms with van der Waals surface area (Å²) in [6, 6.07) is -1.06. The Balaban J connectivity index is 3.82. The molecule has 0 aromatic rings. The number of hydrogen-bond donors (Lipinski definition) is 3. The Morgan fingerprint density at radius 2 is 0.764 bits per heavy atom. The van der Waals surface area contributed by atoms with Gasteiger partial charge in [-0.3, -0.25) is 9.35 Å². The monoisotopic (exact) mass is 796 g/mol. The molecular weight excluding hydrogens is 703 g/mol. The van der Waals surface area contributed by atoms with Crippen LogP contribution in [0.1, 0.15) is 258 Å². The molecule has 2 unspecified atom stereocenters. The number of hydrogen-bond acceptors (Lipinski definition) is 4. The molecule has 0 aromatic heterocycles. The first-order valence-electron chi connectivity index (χ1n) is 24.0. The maximum absolute atomic E-state index is 12.6. The van der Waals surface area contributed by atoms with Crippen LogP contribution in [0.3, 0.4) is 0 Å². The van der Waals surface area contributed by atoms with Gasteiger partial charge in [0.2, 0.25) is 5.91 Å². The molecule has 0 aliphatic rings. The average molecular weight is 796 g/mol. The van der Waals surface area contributed by atoms with Crippen molar-refractivity contribution in [1.29, 1.82) is 0 Å². The molecule has 0 saturated carbocycles. The van der Waals surface area contributed by atoms with Crippen molar-refractivity contribution in [3.8, 4) is 0 Å². The van der Waals surface area contributed by atoms with Crippen molar-refractivity contribution in [2.24, 2.45) is 0 Å². The molecular formula is C48H93NO5S. The molecule has 0 aliphatic carbocycles. The van der Waals surface area contributed by atoms with Gasteiger partial charge in [0.15, 0.2) is 0 Å². The Morgan fingerprint density at radius 3 is 1.09 bits per heavy atom. The lowest BCUT2D eigenvalue weighted by molar-refractivity contribution is -0.122. The third kappa shape index (κ3) is 43.8. The highest BCUT2D eigenvalue weighted by molar-refractivity contribution is 7.85. The number of aliphatic hydroxyl groups is 1. The summed E-state index contributed by atoms with van der Waals surface area (Å²) in [5, 5.41) is 13.3. The third-order valence-electron chi connectivity index (χ3n) is 11.1. The minimum Gasteiger partial charge on any atom is -0.387 e. The lowest BCUT2D eigenvalue weighted by atomic mass is 10.0. The predicted molar refractivity (Wildman–Crippen MR) is 239 cm³/mol. The first-order chi connectivity index (χ1) is 26.8. The number of aliphatic hydroxyl groups excluding tert-OH is 1. The van der Waals surface area contributed by atoms with Crippen LogP contribution in [-0.4, -0.2) is 41.9 Å². The van der Waals surface area contributed by atoms with Crippen LogP contribution in [0.25, 0.3) is 0 Å². The fourth-order valence-corrected chi connectivity index (χ4v) is 8.24. The topological polar surface area (TPSA) is 104 Å². The summed E-state index contributed by atoms with van der Waals surface area (Å²) in [6.07, 6.45) is 54.6. The van der Waals surface area contributed by atoms with Crippen LogP contribution in [0.15, 0.2) is 24.3 Å². The second kappa shape index (κ2) is 42.4. The largest absolute Gasteiger partial charge is 0.387 e. The number of carbonyl (C=O) groups excluding carboxylic acids is 1. The summed E-state index contributed by atoms with van der Waals surface area (Å²) in [7, 11) is -4.35. The molecule has 0 heterocycles. The van der Waals surface area contributed by atoms with E-state index in [0.717, 1.165) is 38.5 Å². The number of carbonyl (C=O) groups is 1. The zero-order valence-electron chi connectivity index (χ0n) is 36.6. The molecule has 0 rings (SSSR count). The smallest absolute Gasteiger partial charge is 0.267 e. The average Bonchev–Trinajstić information content (AvgIpc) is 3.15. The molecule has 0 aliphatic heterocycles. The number of nitrogens with one attached hydrogen (secondary N) is 1. The van der Waals surface area contributed by atoms with E-state index < -0.39 is 28.0 Å². The van der Waals surface area contributed by atoms with E-state index in [4.69, 9.17) is 0 Å². The Morgan fingerprint density at radius 1 is 0.473 bits per heavy atom. The molecule has 0 bridgehead atoms. The van der Waals surface area contributed by atoms with E-state index in [0.29, 0.717) is 6.42 Å². The highest BCUT2D eigenvalue weighted by Gasteiger charge is 2.24. The molecule has 1 amide bonds. The minimum absolute atomic E-state index is 0.277. The first-order valence-corrected chi connectivity index (χ1v) is 25.6. The van der Waals surface area contributed by atoms with Crippen molar-refractivity contribution in [2.75, 3.05) is 5.75 Å². The first kappa shape index (κ1) is 53.8. The van der Waals surface area contributed by atoms with Crippen molar-refractivity contribution >= 4 is 16.0 Å². The number of rotatable bonds is 44. The second-order valence-corrected chi connectivity index (χ2v) is 18.2. The van der Waals surface area contributed by atoms with Gasteiger partial charge in [0.1, 0.15) is 0 Å². The molecule has 0 radical (unpaired) electrons. The van der Waals surface area contributed by atoms with E-state index in [2.05, 4.69) is 31.3 Å². The molecule has 55 heavy (non-hydrogen) atoms. The van der Waals surface area contributed by atoms with Crippen molar-refractivity contribution in [1.82, 2.24) is 5.32 Å². The van der Waals surface area contributed by atoms with Crippen LogP contribution in [0.4, 0.5) is 0 Å². The van der Waals surface area contributed by atoms with Crippen LogP contribution in [0, 0.1) is 0 Å². The zero-order chi connectivity index (χ0) is 40.3. The number of allylic oxidation sites excluding steroid dienone is 3. The maximum Gasteiger partial charge on any atom is 0.267 e. The summed E-state index contributed by atoms with van der Waals surface area (Å²) >= 11 is 0. The standard InChI is InChI=1S/C48H93NO5S/c1-3-5-7-9-11-13-15-17-19-21-23-24-26-27-29-31-33-35-37-39-41-43-47(50)46(45-55(52,53)54)49-48(51)44-42-40-38-36-34-32-30-28-25-22-20-18-16-14-12-10-8-6-4-2/h18,20,41,43,46-47,50H,3-17,19,21-40,42,44-45H2,1-2H3,(H,49,51)(H,52,53,54)/b20-18-,43-41+. The Labute approximate surface area is 343 Å². The summed E-state index contributed by atoms with van der Waals surface area (Å²) in [5.74, 6) is -0.972. The Bertz CT molecular complexity index is 965. The van der Waals surface area contributed by atoms with E-state index in [1.165, 1.54) is 199 Å². The van der Waals surface area contributed by atoms with Gasteiger partial charge in [-0.15, -0.1) is 0 Å². The van der Waals surface area contributed by atoms with Gasteiger partial charge < -0.3 is 10.4 Å². The predicted octanol–water partition coefficient (Wildman–Crippen LogP) is 14.7. The van der Waals surface area contributed by atoms with E-state index in [-0.39, 0.29) is 5.91 Å². The molecule has 0 aromatic carbocycles. The van der Waals surface area contributed by atoms with E-state index in [1.807, 2.05) is 6.08 Å². The van der Waals surface area contributed by atoms with Crippen LogP contribution in [0.2, 0.25) is 0 Å². The third-order valence-corrected chi connectivity index (χ3v) is 11.9. The van der Waals surface area contributed by atoms with Gasteiger partial charge in [-0.1, -0.05) is 231 Å². The summed E-state index contributed by atoms with van der Waals surface area (Å²) in [4.78, 5) is 12.6. The Hall–Kier alpha value is -1.18. The maximum atomic E-state index is 12.6. The summed E-state index contributed by atoms with van der Waals surface area (Å²) in [5.41, 5.74) is 0. The van der Waals surface area contributed by atoms with Gasteiger partial charge in [-0.2, -0.15) is 8.42 Å². The number of unbranched alkanes of at least 4 members (excludes halogenated alkanes) is 34. The molecule has 0 fully saturated rings. The summed E-state index contributed by atoms with van der Waals surface area (Å²) < 4.78 is 32.6. The van der Waals surface area contributed by atoms with Gasteiger partial charge in [-0.05, 0) is 44.9 Å². The van der Waals surface area contributed by atoms with Crippen molar-refractivity contribution in [3.05, 3.63) is 24.3 Å². The SMILES string of the molecule is CCCCCCCC/C=C\CCCCCCCCCCCC(=O)NC(CS(=O)(=O)O)C(O)/C=C/CCCCCCCCCCCCCCCCCCCCC. The zero-order valence-corrected chi connectivity index (χ0v) is 37.4. The fourth-order valence-electron chi connectivity index (χ4n) is 7.51. The quantitative estimate of drug-likeness (QED) is 0.0324. The normalized spacial score (nSPS) is 13.3. The molecule has 6 nitrogen and oxygen atoms in total. The highest BCUT2D eigenvalue weighted by Crippen LogP contribution is 2.16. The summed E-state index contributed by atoms with van der Waals surface area (Å²) in [6.45, 7) is 4.55. The van der Waals surface area contributed by atoms with Gasteiger partial charge in [0.05, 0.1) is 17.9 Å². The number of amides is 1. The molecule has 3 N–H and O–H groups in total. The van der Waals surface area contributed by atoms with Crippen molar-refractivity contribution < 1.29 is 22.9 Å². The molecule has 0 spiro atoms. The van der Waals surface area contributed by atoms with Crippen molar-refractivity contribution in [2.45, 2.75) is 270 Å². The van der Waals surface area contributed by atoms with Crippen LogP contribution in [0.5, 0.6) is 0 Å². The fraction of sp³-hybridized carbons (Fsp3) is 0.896.